The van der Waals surface area contributed by atoms with Gasteiger partial charge in [0.25, 0.3) is 0 Å². The fourth-order valence-electron chi connectivity index (χ4n) is 3.06. The average molecular weight is 256 g/mol. The van der Waals surface area contributed by atoms with Gasteiger partial charge in [-0.25, -0.2) is 0 Å². The summed E-state index contributed by atoms with van der Waals surface area (Å²) in [7, 11) is 0. The van der Waals surface area contributed by atoms with E-state index in [9.17, 15) is 0 Å². The smallest absolute Gasteiger partial charge is 0.0308 e. The molecule has 2 fully saturated rings. The molecule has 2 nitrogen and oxygen atoms in total. The predicted molar refractivity (Wildman–Crippen MR) is 77.8 cm³/mol. The van der Waals surface area contributed by atoms with E-state index in [0.717, 1.165) is 5.25 Å². The Morgan fingerprint density at radius 1 is 1.06 bits per heavy atom. The molecule has 2 rings (SSSR count). The SMILES string of the molecule is CC(C)N1CCC2(C)CN(C(C)C)CC(C1)S2. The van der Waals surface area contributed by atoms with Crippen LogP contribution < -0.4 is 0 Å². The van der Waals surface area contributed by atoms with Crippen molar-refractivity contribution < 1.29 is 0 Å². The van der Waals surface area contributed by atoms with Crippen LogP contribution in [0.25, 0.3) is 0 Å². The highest BCUT2D eigenvalue weighted by molar-refractivity contribution is 8.01. The summed E-state index contributed by atoms with van der Waals surface area (Å²) in [4.78, 5) is 5.36. The summed E-state index contributed by atoms with van der Waals surface area (Å²) < 4.78 is 0.483. The molecule has 0 aromatic heterocycles. The Morgan fingerprint density at radius 2 is 1.65 bits per heavy atom. The van der Waals surface area contributed by atoms with Gasteiger partial charge in [0.1, 0.15) is 0 Å². The maximum Gasteiger partial charge on any atom is 0.0308 e. The van der Waals surface area contributed by atoms with E-state index in [-0.39, 0.29) is 0 Å². The topological polar surface area (TPSA) is 6.48 Å². The van der Waals surface area contributed by atoms with E-state index < -0.39 is 0 Å². The molecule has 0 spiro atoms. The van der Waals surface area contributed by atoms with Crippen molar-refractivity contribution in [3.8, 4) is 0 Å². The van der Waals surface area contributed by atoms with Crippen LogP contribution >= 0.6 is 11.8 Å². The lowest BCUT2D eigenvalue weighted by Crippen LogP contribution is -2.51. The monoisotopic (exact) mass is 256 g/mol. The van der Waals surface area contributed by atoms with Crippen molar-refractivity contribution in [2.45, 2.75) is 63.1 Å². The molecule has 0 radical (unpaired) electrons. The summed E-state index contributed by atoms with van der Waals surface area (Å²) in [5.74, 6) is 0. The standard InChI is InChI=1S/C14H28N2S/c1-11(2)15-7-6-14(5)10-16(12(3)4)9-13(8-15)17-14/h11-13H,6-10H2,1-5H3. The molecule has 0 aromatic rings. The lowest BCUT2D eigenvalue weighted by Gasteiger charge is -2.44. The van der Waals surface area contributed by atoms with Crippen LogP contribution in [0.2, 0.25) is 0 Å². The van der Waals surface area contributed by atoms with E-state index in [2.05, 4.69) is 56.2 Å². The van der Waals surface area contributed by atoms with Crippen LogP contribution in [0.3, 0.4) is 0 Å². The van der Waals surface area contributed by atoms with Crippen LogP contribution in [0.15, 0.2) is 0 Å². The molecule has 2 bridgehead atoms. The second-order valence-electron chi connectivity index (χ2n) is 6.55. The van der Waals surface area contributed by atoms with E-state index in [0.29, 0.717) is 16.8 Å². The summed E-state index contributed by atoms with van der Waals surface area (Å²) in [6, 6.07) is 1.40. The molecule has 0 amide bonds. The third-order valence-electron chi connectivity index (χ3n) is 4.25. The molecule has 2 saturated heterocycles. The van der Waals surface area contributed by atoms with Crippen LogP contribution in [0.1, 0.15) is 41.0 Å². The predicted octanol–water partition coefficient (Wildman–Crippen LogP) is 2.69. The van der Waals surface area contributed by atoms with E-state index in [4.69, 9.17) is 0 Å². The van der Waals surface area contributed by atoms with Gasteiger partial charge in [-0.05, 0) is 47.6 Å². The average Bonchev–Trinajstić information content (AvgIpc) is 2.33. The molecule has 0 saturated carbocycles. The molecule has 2 heterocycles. The van der Waals surface area contributed by atoms with Gasteiger partial charge >= 0.3 is 0 Å². The first-order valence-electron chi connectivity index (χ1n) is 7.05. The number of fused-ring (bicyclic) bond motifs is 2. The van der Waals surface area contributed by atoms with Crippen molar-refractivity contribution in [1.82, 2.24) is 9.80 Å². The van der Waals surface area contributed by atoms with Crippen LogP contribution in [0.4, 0.5) is 0 Å². The van der Waals surface area contributed by atoms with Crippen molar-refractivity contribution in [2.75, 3.05) is 26.2 Å². The van der Waals surface area contributed by atoms with Crippen molar-refractivity contribution >= 4 is 11.8 Å². The zero-order chi connectivity index (χ0) is 12.6. The minimum absolute atomic E-state index is 0.483. The molecule has 0 aliphatic carbocycles. The third-order valence-corrected chi connectivity index (χ3v) is 5.79. The largest absolute Gasteiger partial charge is 0.300 e. The second-order valence-corrected chi connectivity index (χ2v) is 8.44. The fourth-order valence-corrected chi connectivity index (χ4v) is 4.85. The van der Waals surface area contributed by atoms with Crippen LogP contribution in [0, 0.1) is 0 Å². The molecule has 0 aromatic carbocycles. The fraction of sp³-hybridized carbons (Fsp3) is 1.00. The minimum atomic E-state index is 0.483. The first-order chi connectivity index (χ1) is 7.89. The van der Waals surface area contributed by atoms with Crippen molar-refractivity contribution in [2.24, 2.45) is 0 Å². The van der Waals surface area contributed by atoms with Gasteiger partial charge in [0.15, 0.2) is 0 Å². The summed E-state index contributed by atoms with van der Waals surface area (Å²) >= 11 is 2.26. The van der Waals surface area contributed by atoms with Gasteiger partial charge in [0.2, 0.25) is 0 Å². The summed E-state index contributed by atoms with van der Waals surface area (Å²) in [5.41, 5.74) is 0. The van der Waals surface area contributed by atoms with Gasteiger partial charge in [-0.2, -0.15) is 0 Å². The normalized spacial score (nSPS) is 36.5. The maximum atomic E-state index is 2.69. The van der Waals surface area contributed by atoms with E-state index in [1.54, 1.807) is 0 Å². The third kappa shape index (κ3) is 3.18. The molecular weight excluding hydrogens is 228 g/mol. The highest BCUT2D eigenvalue weighted by Crippen LogP contribution is 2.41. The lowest BCUT2D eigenvalue weighted by atomic mass is 10.0. The summed E-state index contributed by atoms with van der Waals surface area (Å²) in [6.07, 6.45) is 1.34. The highest BCUT2D eigenvalue weighted by atomic mass is 32.2. The van der Waals surface area contributed by atoms with Gasteiger partial charge in [-0.15, -0.1) is 11.8 Å². The van der Waals surface area contributed by atoms with Gasteiger partial charge in [0.05, 0.1) is 0 Å². The first-order valence-corrected chi connectivity index (χ1v) is 7.93. The molecule has 2 aliphatic heterocycles. The van der Waals surface area contributed by atoms with Crippen molar-refractivity contribution in [1.29, 1.82) is 0 Å². The zero-order valence-corrected chi connectivity index (χ0v) is 12.9. The Morgan fingerprint density at radius 3 is 2.24 bits per heavy atom. The van der Waals surface area contributed by atoms with Gasteiger partial charge in [-0.3, -0.25) is 9.80 Å². The number of nitrogens with zero attached hydrogens (tertiary/aromatic N) is 2. The van der Waals surface area contributed by atoms with Crippen LogP contribution in [-0.2, 0) is 0 Å². The first kappa shape index (κ1) is 13.7. The van der Waals surface area contributed by atoms with Gasteiger partial charge in [0, 0.05) is 41.7 Å². The molecule has 100 valence electrons. The number of hydrogen-bond donors (Lipinski definition) is 0. The van der Waals surface area contributed by atoms with Gasteiger partial charge in [-0.1, -0.05) is 0 Å². The summed E-state index contributed by atoms with van der Waals surface area (Å²) in [6.45, 7) is 16.9. The van der Waals surface area contributed by atoms with Gasteiger partial charge < -0.3 is 0 Å². The molecular formula is C14H28N2S. The molecule has 2 aliphatic rings. The number of hydrogen-bond acceptors (Lipinski definition) is 3. The van der Waals surface area contributed by atoms with Crippen LogP contribution in [-0.4, -0.2) is 58.1 Å². The Hall–Kier alpha value is 0.270. The molecule has 2 unspecified atom stereocenters. The second kappa shape index (κ2) is 5.10. The molecule has 0 N–H and O–H groups in total. The molecule has 3 heteroatoms. The highest BCUT2D eigenvalue weighted by Gasteiger charge is 2.40. The lowest BCUT2D eigenvalue weighted by molar-refractivity contribution is 0.191. The molecule has 2 atom stereocenters. The maximum absolute atomic E-state index is 2.69. The van der Waals surface area contributed by atoms with Crippen LogP contribution in [0.5, 0.6) is 0 Å². The Labute approximate surface area is 111 Å². The van der Waals surface area contributed by atoms with Crippen molar-refractivity contribution in [3.63, 3.8) is 0 Å². The van der Waals surface area contributed by atoms with Crippen molar-refractivity contribution in [3.05, 3.63) is 0 Å². The molecule has 17 heavy (non-hydrogen) atoms. The van der Waals surface area contributed by atoms with E-state index >= 15 is 0 Å². The minimum Gasteiger partial charge on any atom is -0.300 e. The zero-order valence-electron chi connectivity index (χ0n) is 12.1. The Bertz CT molecular complexity index is 267. The summed E-state index contributed by atoms with van der Waals surface area (Å²) in [5, 5.41) is 0.807. The quantitative estimate of drug-likeness (QED) is 0.750. The Balaban J connectivity index is 2.10. The Kier molecular flexibility index (Phi) is 4.11. The van der Waals surface area contributed by atoms with E-state index in [1.165, 1.54) is 32.6 Å². The number of rotatable bonds is 2. The number of thioether (sulfide) groups is 1. The van der Waals surface area contributed by atoms with E-state index in [1.807, 2.05) is 0 Å².